The lowest BCUT2D eigenvalue weighted by atomic mass is 10.0. The van der Waals surface area contributed by atoms with Crippen molar-refractivity contribution in [1.82, 2.24) is 30.6 Å². The number of rotatable bonds is 7. The van der Waals surface area contributed by atoms with Crippen molar-refractivity contribution in [2.75, 3.05) is 0 Å². The van der Waals surface area contributed by atoms with Gasteiger partial charge in [0.15, 0.2) is 0 Å². The number of imidazole rings is 2. The van der Waals surface area contributed by atoms with E-state index in [-0.39, 0.29) is 12.1 Å². The Balaban J connectivity index is 1.38. The number of benzene rings is 2. The molecular weight excluding hydrogens is 508 g/mol. The smallest absolute Gasteiger partial charge is 0.408 e. The minimum absolute atomic E-state index is 0.321. The maximum absolute atomic E-state index is 12.1. The first-order chi connectivity index (χ1) is 18.6. The Morgan fingerprint density at radius 1 is 0.725 bits per heavy atom. The normalized spacial score (nSPS) is 13.7. The third-order valence-electron chi connectivity index (χ3n) is 6.12. The van der Waals surface area contributed by atoms with Gasteiger partial charge in [-0.3, -0.25) is 0 Å². The van der Waals surface area contributed by atoms with Gasteiger partial charge < -0.3 is 30.1 Å². The lowest BCUT2D eigenvalue weighted by Crippen LogP contribution is -2.34. The SMILES string of the molecule is C[C@H](NC(=O)OC(C)(C)C)c1nc2ccc(CCc3ccc4nc([C@H](C)NC(=O)OC(C)(C)C)[nH]c4c3)cc2[nH]1. The molecule has 4 aromatic rings. The number of nitrogens with one attached hydrogen (secondary N) is 4. The summed E-state index contributed by atoms with van der Waals surface area (Å²) in [5, 5.41) is 5.65. The summed E-state index contributed by atoms with van der Waals surface area (Å²) < 4.78 is 10.7. The van der Waals surface area contributed by atoms with Gasteiger partial charge in [-0.2, -0.15) is 0 Å². The number of amides is 2. The zero-order valence-corrected chi connectivity index (χ0v) is 24.6. The van der Waals surface area contributed by atoms with Crippen molar-refractivity contribution in [1.29, 1.82) is 0 Å². The number of carbonyl (C=O) groups excluding carboxylic acids is 2. The number of carbonyl (C=O) groups is 2. The highest BCUT2D eigenvalue weighted by atomic mass is 16.6. The van der Waals surface area contributed by atoms with E-state index in [1.54, 1.807) is 0 Å². The van der Waals surface area contributed by atoms with Gasteiger partial charge in [0.2, 0.25) is 0 Å². The Kier molecular flexibility index (Phi) is 8.09. The molecule has 4 N–H and O–H groups in total. The van der Waals surface area contributed by atoms with Crippen LogP contribution in [0.2, 0.25) is 0 Å². The topological polar surface area (TPSA) is 134 Å². The summed E-state index contributed by atoms with van der Waals surface area (Å²) in [4.78, 5) is 40.2. The zero-order chi connectivity index (χ0) is 29.2. The van der Waals surface area contributed by atoms with Gasteiger partial charge in [-0.1, -0.05) is 12.1 Å². The first kappa shape index (κ1) is 28.9. The molecule has 0 aliphatic rings. The molecule has 2 aromatic carbocycles. The van der Waals surface area contributed by atoms with Crippen LogP contribution in [-0.2, 0) is 22.3 Å². The molecule has 214 valence electrons. The molecule has 0 spiro atoms. The Morgan fingerprint density at radius 3 is 1.45 bits per heavy atom. The van der Waals surface area contributed by atoms with Gasteiger partial charge in [0.05, 0.1) is 34.2 Å². The summed E-state index contributed by atoms with van der Waals surface area (Å²) in [7, 11) is 0. The first-order valence-corrected chi connectivity index (χ1v) is 13.6. The van der Waals surface area contributed by atoms with Crippen LogP contribution in [0.5, 0.6) is 0 Å². The monoisotopic (exact) mass is 548 g/mol. The fourth-order valence-electron chi connectivity index (χ4n) is 4.27. The standard InChI is InChI=1S/C30H40N6O4/c1-17(31-27(37)39-29(3,4)5)25-33-21-13-11-19(15-23(21)35-25)9-10-20-12-14-22-24(16-20)36-26(34-22)18(2)32-28(38)40-30(6,7)8/h11-18H,9-10H2,1-8H3,(H,31,37)(H,32,38)(H,33,35)(H,34,36)/t17-,18-/m0/s1. The summed E-state index contributed by atoms with van der Waals surface area (Å²) in [5.74, 6) is 1.35. The van der Waals surface area contributed by atoms with Gasteiger partial charge in [0.25, 0.3) is 0 Å². The molecule has 0 aliphatic heterocycles. The van der Waals surface area contributed by atoms with E-state index in [0.29, 0.717) is 11.6 Å². The third kappa shape index (κ3) is 7.74. The third-order valence-corrected chi connectivity index (χ3v) is 6.12. The molecule has 10 heteroatoms. The molecule has 0 radical (unpaired) electrons. The molecule has 2 heterocycles. The van der Waals surface area contributed by atoms with Gasteiger partial charge in [-0.05, 0) is 104 Å². The van der Waals surface area contributed by atoms with Crippen molar-refractivity contribution in [3.05, 3.63) is 59.2 Å². The van der Waals surface area contributed by atoms with Gasteiger partial charge >= 0.3 is 12.2 Å². The van der Waals surface area contributed by atoms with Crippen LogP contribution in [0, 0.1) is 0 Å². The van der Waals surface area contributed by atoms with Gasteiger partial charge in [0.1, 0.15) is 22.9 Å². The molecule has 0 unspecified atom stereocenters. The molecular formula is C30H40N6O4. The Morgan fingerprint density at radius 2 is 1.10 bits per heavy atom. The highest BCUT2D eigenvalue weighted by Gasteiger charge is 2.21. The van der Waals surface area contributed by atoms with Crippen LogP contribution >= 0.6 is 0 Å². The molecule has 2 aromatic heterocycles. The number of ether oxygens (including phenoxy) is 2. The van der Waals surface area contributed by atoms with Crippen molar-refractivity contribution in [2.24, 2.45) is 0 Å². The van der Waals surface area contributed by atoms with Gasteiger partial charge in [-0.25, -0.2) is 19.6 Å². The zero-order valence-electron chi connectivity index (χ0n) is 24.6. The average Bonchev–Trinajstić information content (AvgIpc) is 3.43. The second-order valence-corrected chi connectivity index (χ2v) is 12.2. The summed E-state index contributed by atoms with van der Waals surface area (Å²) in [6, 6.07) is 11.7. The maximum atomic E-state index is 12.1. The van der Waals surface area contributed by atoms with Crippen LogP contribution in [-0.4, -0.2) is 43.3 Å². The summed E-state index contributed by atoms with van der Waals surface area (Å²) in [6.07, 6.45) is 0.741. The Bertz CT molecular complexity index is 1390. The number of aromatic amines is 2. The van der Waals surface area contributed by atoms with Gasteiger partial charge in [0, 0.05) is 0 Å². The molecule has 2 atom stereocenters. The lowest BCUT2D eigenvalue weighted by molar-refractivity contribution is 0.0494. The van der Waals surface area contributed by atoms with Crippen LogP contribution in [0.3, 0.4) is 0 Å². The van der Waals surface area contributed by atoms with Gasteiger partial charge in [-0.15, -0.1) is 0 Å². The molecule has 0 aliphatic carbocycles. The minimum Gasteiger partial charge on any atom is -0.444 e. The summed E-state index contributed by atoms with van der Waals surface area (Å²) in [6.45, 7) is 14.7. The number of aryl methyl sites for hydroxylation is 2. The Hall–Kier alpha value is -4.08. The van der Waals surface area contributed by atoms with Crippen molar-refractivity contribution in [2.45, 2.75) is 91.5 Å². The van der Waals surface area contributed by atoms with E-state index in [4.69, 9.17) is 9.47 Å². The fraction of sp³-hybridized carbons (Fsp3) is 0.467. The molecule has 40 heavy (non-hydrogen) atoms. The van der Waals surface area contributed by atoms with Crippen LogP contribution in [0.25, 0.3) is 22.1 Å². The summed E-state index contributed by atoms with van der Waals surface area (Å²) in [5.41, 5.74) is 4.76. The fourth-order valence-corrected chi connectivity index (χ4v) is 4.27. The average molecular weight is 549 g/mol. The van der Waals surface area contributed by atoms with E-state index in [9.17, 15) is 9.59 Å². The quantitative estimate of drug-likeness (QED) is 0.211. The number of aromatic nitrogens is 4. The lowest BCUT2D eigenvalue weighted by Gasteiger charge is -2.21. The van der Waals surface area contributed by atoms with Crippen LogP contribution < -0.4 is 10.6 Å². The first-order valence-electron chi connectivity index (χ1n) is 13.6. The van der Waals surface area contributed by atoms with Crippen molar-refractivity contribution >= 4 is 34.3 Å². The second-order valence-electron chi connectivity index (χ2n) is 12.2. The molecule has 0 bridgehead atoms. The van der Waals surface area contributed by atoms with Crippen LogP contribution in [0.4, 0.5) is 9.59 Å². The number of hydrogen-bond donors (Lipinski definition) is 4. The van der Waals surface area contributed by atoms with E-state index < -0.39 is 23.4 Å². The van der Waals surface area contributed by atoms with Crippen LogP contribution in [0.15, 0.2) is 36.4 Å². The van der Waals surface area contributed by atoms with Crippen molar-refractivity contribution in [3.8, 4) is 0 Å². The number of fused-ring (bicyclic) bond motifs is 2. The highest BCUT2D eigenvalue weighted by molar-refractivity contribution is 5.77. The Labute approximate surface area is 234 Å². The molecule has 2 amide bonds. The number of H-pyrrole nitrogens is 2. The van der Waals surface area contributed by atoms with E-state index >= 15 is 0 Å². The van der Waals surface area contributed by atoms with Crippen molar-refractivity contribution < 1.29 is 19.1 Å². The predicted octanol–water partition coefficient (Wildman–Crippen LogP) is 6.40. The predicted molar refractivity (Wildman–Crippen MR) is 155 cm³/mol. The van der Waals surface area contributed by atoms with Crippen molar-refractivity contribution in [3.63, 3.8) is 0 Å². The number of nitrogens with zero attached hydrogens (tertiary/aromatic N) is 2. The highest BCUT2D eigenvalue weighted by Crippen LogP contribution is 2.22. The number of alkyl carbamates (subject to hydrolysis) is 2. The number of hydrogen-bond acceptors (Lipinski definition) is 6. The van der Waals surface area contributed by atoms with E-state index in [1.807, 2.05) is 67.5 Å². The molecule has 0 saturated carbocycles. The molecule has 0 fully saturated rings. The molecule has 0 saturated heterocycles. The molecule has 4 rings (SSSR count). The largest absolute Gasteiger partial charge is 0.444 e. The second kappa shape index (κ2) is 11.2. The van der Waals surface area contributed by atoms with E-state index in [2.05, 4.69) is 54.8 Å². The summed E-state index contributed by atoms with van der Waals surface area (Å²) >= 11 is 0. The molecule has 10 nitrogen and oxygen atoms in total. The minimum atomic E-state index is -0.561. The van der Waals surface area contributed by atoms with E-state index in [1.165, 1.54) is 11.1 Å². The maximum Gasteiger partial charge on any atom is 0.408 e. The van der Waals surface area contributed by atoms with E-state index in [0.717, 1.165) is 34.9 Å². The van der Waals surface area contributed by atoms with Crippen LogP contribution in [0.1, 0.15) is 90.2 Å².